The number of primary amides is 1. The van der Waals surface area contributed by atoms with Crippen LogP contribution in [0, 0.1) is 0 Å². The lowest BCUT2D eigenvalue weighted by Crippen LogP contribution is -2.42. The van der Waals surface area contributed by atoms with Crippen molar-refractivity contribution in [3.63, 3.8) is 0 Å². The zero-order chi connectivity index (χ0) is 13.0. The van der Waals surface area contributed by atoms with Crippen molar-refractivity contribution in [1.29, 1.82) is 0 Å². The third-order valence-corrected chi connectivity index (χ3v) is 3.27. The van der Waals surface area contributed by atoms with Crippen molar-refractivity contribution < 1.29 is 4.79 Å². The first-order valence-corrected chi connectivity index (χ1v) is 6.40. The number of likely N-dealkylation sites (tertiary alicyclic amines) is 1. The van der Waals surface area contributed by atoms with Crippen LogP contribution in [0.1, 0.15) is 12.8 Å². The molecule has 0 atom stereocenters. The highest BCUT2D eigenvalue weighted by Crippen LogP contribution is 2.18. The maximum atomic E-state index is 10.8. The van der Waals surface area contributed by atoms with Crippen molar-refractivity contribution >= 4 is 23.2 Å². The normalized spacial score (nSPS) is 17.6. The Bertz CT molecular complexity index is 418. The smallest absolute Gasteiger partial charge is 0.231 e. The number of pyridine rings is 1. The molecule has 1 aromatic heterocycles. The molecule has 0 bridgehead atoms. The fourth-order valence-corrected chi connectivity index (χ4v) is 2.36. The summed E-state index contributed by atoms with van der Waals surface area (Å²) in [6.45, 7) is 2.13. The average Bonchev–Trinajstić information content (AvgIpc) is 2.31. The van der Waals surface area contributed by atoms with Crippen molar-refractivity contribution in [3.8, 4) is 0 Å². The molecular weight excluding hydrogens is 252 g/mol. The molecule has 0 spiro atoms. The number of amides is 1. The second kappa shape index (κ2) is 6.02. The van der Waals surface area contributed by atoms with Gasteiger partial charge in [0.05, 0.1) is 6.54 Å². The Morgan fingerprint density at radius 3 is 2.89 bits per heavy atom. The molecule has 0 aliphatic carbocycles. The van der Waals surface area contributed by atoms with E-state index in [1.165, 1.54) is 0 Å². The molecule has 1 aliphatic rings. The molecule has 2 rings (SSSR count). The lowest BCUT2D eigenvalue weighted by Gasteiger charge is -2.32. The molecule has 0 unspecified atom stereocenters. The first-order chi connectivity index (χ1) is 8.63. The lowest BCUT2D eigenvalue weighted by atomic mass is 10.0. The van der Waals surface area contributed by atoms with Gasteiger partial charge in [-0.2, -0.15) is 0 Å². The molecule has 1 saturated heterocycles. The standard InChI is InChI=1S/C12H17ClN4O/c13-11-7-10(1-4-15-11)16-9-2-5-17(6-3-9)8-12(14)18/h1,4,7,9H,2-3,5-6,8H2,(H2,14,18)(H,15,16). The van der Waals surface area contributed by atoms with Crippen LogP contribution in [-0.2, 0) is 4.79 Å². The van der Waals surface area contributed by atoms with Crippen LogP contribution in [0.3, 0.4) is 0 Å². The van der Waals surface area contributed by atoms with E-state index in [0.717, 1.165) is 31.6 Å². The fourth-order valence-electron chi connectivity index (χ4n) is 2.18. The number of anilines is 1. The fraction of sp³-hybridized carbons (Fsp3) is 0.500. The number of nitrogens with two attached hydrogens (primary N) is 1. The summed E-state index contributed by atoms with van der Waals surface area (Å²) >= 11 is 5.83. The molecule has 0 radical (unpaired) electrons. The van der Waals surface area contributed by atoms with Crippen LogP contribution in [-0.4, -0.2) is 41.5 Å². The highest BCUT2D eigenvalue weighted by molar-refractivity contribution is 6.29. The van der Waals surface area contributed by atoms with Gasteiger partial charge in [-0.1, -0.05) is 11.6 Å². The number of nitrogens with zero attached hydrogens (tertiary/aromatic N) is 2. The van der Waals surface area contributed by atoms with E-state index in [1.807, 2.05) is 12.1 Å². The van der Waals surface area contributed by atoms with Crippen LogP contribution in [0.5, 0.6) is 0 Å². The van der Waals surface area contributed by atoms with Gasteiger partial charge in [-0.15, -0.1) is 0 Å². The van der Waals surface area contributed by atoms with E-state index in [9.17, 15) is 4.79 Å². The minimum absolute atomic E-state index is 0.262. The quantitative estimate of drug-likeness (QED) is 0.802. The van der Waals surface area contributed by atoms with Crippen LogP contribution in [0.25, 0.3) is 0 Å². The number of aromatic nitrogens is 1. The highest BCUT2D eigenvalue weighted by Gasteiger charge is 2.19. The molecule has 2 heterocycles. The van der Waals surface area contributed by atoms with Crippen LogP contribution < -0.4 is 11.1 Å². The summed E-state index contributed by atoms with van der Waals surface area (Å²) in [6.07, 6.45) is 3.67. The number of carbonyl (C=O) groups excluding carboxylic acids is 1. The van der Waals surface area contributed by atoms with Gasteiger partial charge in [0.2, 0.25) is 5.91 Å². The van der Waals surface area contributed by atoms with Gasteiger partial charge in [0.1, 0.15) is 5.15 Å². The molecular formula is C12H17ClN4O. The summed E-state index contributed by atoms with van der Waals surface area (Å²) in [5.41, 5.74) is 6.17. The Morgan fingerprint density at radius 2 is 2.28 bits per heavy atom. The number of nitrogens with one attached hydrogen (secondary N) is 1. The van der Waals surface area contributed by atoms with Gasteiger partial charge in [0.15, 0.2) is 0 Å². The van der Waals surface area contributed by atoms with Gasteiger partial charge < -0.3 is 11.1 Å². The van der Waals surface area contributed by atoms with E-state index in [1.54, 1.807) is 6.20 Å². The zero-order valence-corrected chi connectivity index (χ0v) is 10.9. The third kappa shape index (κ3) is 3.85. The maximum Gasteiger partial charge on any atom is 0.231 e. The Morgan fingerprint density at radius 1 is 1.56 bits per heavy atom. The number of rotatable bonds is 4. The van der Waals surface area contributed by atoms with Crippen molar-refractivity contribution in [3.05, 3.63) is 23.5 Å². The number of piperidine rings is 1. The predicted octanol–water partition coefficient (Wildman–Crippen LogP) is 1.10. The second-order valence-corrected chi connectivity index (χ2v) is 4.92. The highest BCUT2D eigenvalue weighted by atomic mass is 35.5. The molecule has 1 amide bonds. The zero-order valence-electron chi connectivity index (χ0n) is 10.1. The molecule has 3 N–H and O–H groups in total. The molecule has 1 aromatic rings. The van der Waals surface area contributed by atoms with Crippen LogP contribution in [0.4, 0.5) is 5.69 Å². The molecule has 6 heteroatoms. The number of hydrogen-bond acceptors (Lipinski definition) is 4. The van der Waals surface area contributed by atoms with E-state index in [-0.39, 0.29) is 5.91 Å². The van der Waals surface area contributed by atoms with Gasteiger partial charge in [-0.25, -0.2) is 4.98 Å². The Balaban J connectivity index is 1.81. The largest absolute Gasteiger partial charge is 0.382 e. The van der Waals surface area contributed by atoms with E-state index in [4.69, 9.17) is 17.3 Å². The molecule has 0 aromatic carbocycles. The minimum Gasteiger partial charge on any atom is -0.382 e. The first-order valence-electron chi connectivity index (χ1n) is 6.02. The summed E-state index contributed by atoms with van der Waals surface area (Å²) in [5, 5.41) is 3.92. The van der Waals surface area contributed by atoms with E-state index < -0.39 is 0 Å². The molecule has 1 fully saturated rings. The molecule has 18 heavy (non-hydrogen) atoms. The topological polar surface area (TPSA) is 71.2 Å². The van der Waals surface area contributed by atoms with Crippen LogP contribution >= 0.6 is 11.6 Å². The summed E-state index contributed by atoms with van der Waals surface area (Å²) in [7, 11) is 0. The van der Waals surface area contributed by atoms with Crippen LogP contribution in [0.2, 0.25) is 5.15 Å². The van der Waals surface area contributed by atoms with Gasteiger partial charge in [-0.3, -0.25) is 9.69 Å². The SMILES string of the molecule is NC(=O)CN1CCC(Nc2ccnc(Cl)c2)CC1. The van der Waals surface area contributed by atoms with Gasteiger partial charge in [-0.05, 0) is 25.0 Å². The van der Waals surface area contributed by atoms with Gasteiger partial charge >= 0.3 is 0 Å². The summed E-state index contributed by atoms with van der Waals surface area (Å²) < 4.78 is 0. The molecule has 0 saturated carbocycles. The first kappa shape index (κ1) is 13.1. The Labute approximate surface area is 111 Å². The minimum atomic E-state index is -0.262. The summed E-state index contributed by atoms with van der Waals surface area (Å²) in [5.74, 6) is -0.262. The summed E-state index contributed by atoms with van der Waals surface area (Å²) in [4.78, 5) is 16.8. The molecule has 1 aliphatic heterocycles. The molecule has 98 valence electrons. The van der Waals surface area contributed by atoms with Crippen molar-refractivity contribution in [2.24, 2.45) is 5.73 Å². The van der Waals surface area contributed by atoms with Crippen molar-refractivity contribution in [2.45, 2.75) is 18.9 Å². The van der Waals surface area contributed by atoms with Gasteiger partial charge in [0.25, 0.3) is 0 Å². The van der Waals surface area contributed by atoms with Crippen molar-refractivity contribution in [1.82, 2.24) is 9.88 Å². The van der Waals surface area contributed by atoms with Gasteiger partial charge in [0, 0.05) is 31.0 Å². The summed E-state index contributed by atoms with van der Waals surface area (Å²) in [6, 6.07) is 4.13. The lowest BCUT2D eigenvalue weighted by molar-refractivity contribution is -0.119. The molecule has 5 nitrogen and oxygen atoms in total. The predicted molar refractivity (Wildman–Crippen MR) is 71.5 cm³/mol. The number of hydrogen-bond donors (Lipinski definition) is 2. The van der Waals surface area contributed by atoms with Crippen LogP contribution in [0.15, 0.2) is 18.3 Å². The average molecular weight is 269 g/mol. The van der Waals surface area contributed by atoms with E-state index in [0.29, 0.717) is 17.7 Å². The van der Waals surface area contributed by atoms with E-state index >= 15 is 0 Å². The third-order valence-electron chi connectivity index (χ3n) is 3.06. The maximum absolute atomic E-state index is 10.8. The monoisotopic (exact) mass is 268 g/mol. The Kier molecular flexibility index (Phi) is 4.38. The number of carbonyl (C=O) groups is 1. The number of halogens is 1. The van der Waals surface area contributed by atoms with Crippen molar-refractivity contribution in [2.75, 3.05) is 25.0 Å². The Hall–Kier alpha value is -1.33. The second-order valence-electron chi connectivity index (χ2n) is 4.53. The van der Waals surface area contributed by atoms with E-state index in [2.05, 4.69) is 15.2 Å².